The summed E-state index contributed by atoms with van der Waals surface area (Å²) < 4.78 is 1.18. The van der Waals surface area contributed by atoms with Crippen LogP contribution in [0.5, 0.6) is 0 Å². The summed E-state index contributed by atoms with van der Waals surface area (Å²) >= 11 is 2.62. The van der Waals surface area contributed by atoms with E-state index in [0.29, 0.717) is 5.92 Å². The Morgan fingerprint density at radius 3 is 2.42 bits per heavy atom. The average molecular weight is 349 g/mol. The van der Waals surface area contributed by atoms with Gasteiger partial charge < -0.3 is 0 Å². The quantitative estimate of drug-likeness (QED) is 0.577. The van der Waals surface area contributed by atoms with Gasteiger partial charge in [-0.2, -0.15) is 0 Å². The molecule has 0 aliphatic heterocycles. The number of fused-ring (bicyclic) bond motifs is 5. The molecule has 0 radical (unpaired) electrons. The van der Waals surface area contributed by atoms with Crippen LogP contribution >= 0.6 is 0 Å². The number of hydrogen-bond donors (Lipinski definition) is 0. The number of rotatable bonds is 2. The first-order valence-corrected chi connectivity index (χ1v) is 8.93. The minimum absolute atomic E-state index is 0.126. The van der Waals surface area contributed by atoms with Crippen LogP contribution in [-0.4, -0.2) is 10.0 Å². The van der Waals surface area contributed by atoms with E-state index in [-0.39, 0.29) is 5.78 Å². The number of hydrogen-bond acceptors (Lipinski definition) is 1. The summed E-state index contributed by atoms with van der Waals surface area (Å²) in [5.74, 6) is 0.475. The van der Waals surface area contributed by atoms with Gasteiger partial charge in [-0.3, -0.25) is 0 Å². The Labute approximate surface area is 151 Å². The zero-order chi connectivity index (χ0) is 17.0. The molecule has 0 saturated heterocycles. The Morgan fingerprint density at radius 1 is 0.958 bits per heavy atom. The second-order valence-corrected chi connectivity index (χ2v) is 7.61. The van der Waals surface area contributed by atoms with E-state index in [1.165, 1.54) is 31.9 Å². The molecular weight excluding hydrogens is 331 g/mol. The van der Waals surface area contributed by atoms with Gasteiger partial charge in [0.15, 0.2) is 0 Å². The van der Waals surface area contributed by atoms with E-state index in [4.69, 9.17) is 0 Å². The van der Waals surface area contributed by atoms with Crippen molar-refractivity contribution < 1.29 is 21.8 Å². The van der Waals surface area contributed by atoms with Crippen LogP contribution in [0.25, 0.3) is 21.9 Å². The molecular formula is C22H18OV. The fourth-order valence-corrected chi connectivity index (χ4v) is 4.34. The first-order chi connectivity index (χ1) is 11.5. The van der Waals surface area contributed by atoms with Crippen LogP contribution in [-0.2, 0) is 17.0 Å². The van der Waals surface area contributed by atoms with Crippen molar-refractivity contribution in [2.45, 2.75) is 26.7 Å². The van der Waals surface area contributed by atoms with E-state index in [9.17, 15) is 4.79 Å². The van der Waals surface area contributed by atoms with Crippen LogP contribution in [0.2, 0.25) is 0 Å². The standard InChI is InChI=1S/C22H18O.V/c1-4-15-8-7-11-18-21-13(2)16-9-5-6-10-17(16)20(21)12-19(14(3)23)22(15)18;/h5-13H,1-3H3;. The van der Waals surface area contributed by atoms with Crippen LogP contribution < -0.4 is 0 Å². The molecule has 3 aromatic rings. The van der Waals surface area contributed by atoms with Crippen molar-refractivity contribution in [2.24, 2.45) is 0 Å². The van der Waals surface area contributed by atoms with E-state index >= 15 is 0 Å². The molecule has 0 fully saturated rings. The van der Waals surface area contributed by atoms with Gasteiger partial charge in [0.25, 0.3) is 0 Å². The molecule has 3 aromatic carbocycles. The van der Waals surface area contributed by atoms with Gasteiger partial charge in [-0.1, -0.05) is 0 Å². The Hall–Kier alpha value is -1.96. The molecule has 1 aliphatic carbocycles. The van der Waals surface area contributed by atoms with Crippen molar-refractivity contribution in [1.29, 1.82) is 0 Å². The number of carbonyl (C=O) groups is 1. The van der Waals surface area contributed by atoms with Crippen molar-refractivity contribution in [3.8, 4) is 11.1 Å². The zero-order valence-electron chi connectivity index (χ0n) is 14.1. The maximum absolute atomic E-state index is 12.4. The summed E-state index contributed by atoms with van der Waals surface area (Å²) in [6, 6.07) is 17.1. The fourth-order valence-electron chi connectivity index (χ4n) is 4.05. The number of benzene rings is 3. The molecule has 117 valence electrons. The Bertz CT molecular complexity index is 1030. The maximum atomic E-state index is 12.4. The van der Waals surface area contributed by atoms with E-state index in [1.807, 2.05) is 0 Å². The first kappa shape index (κ1) is 15.6. The van der Waals surface area contributed by atoms with Gasteiger partial charge in [0.05, 0.1) is 0 Å². The van der Waals surface area contributed by atoms with Crippen LogP contribution in [0.15, 0.2) is 48.5 Å². The first-order valence-electron chi connectivity index (χ1n) is 8.23. The second kappa shape index (κ2) is 5.55. The third kappa shape index (κ3) is 2.09. The van der Waals surface area contributed by atoms with E-state index in [2.05, 4.69) is 79.4 Å². The van der Waals surface area contributed by atoms with Crippen LogP contribution in [0.3, 0.4) is 0 Å². The number of ketones is 1. The Morgan fingerprint density at radius 2 is 1.71 bits per heavy atom. The van der Waals surface area contributed by atoms with Crippen molar-refractivity contribution in [2.75, 3.05) is 0 Å². The molecule has 0 aromatic heterocycles. The predicted molar refractivity (Wildman–Crippen MR) is 96.7 cm³/mol. The fraction of sp³-hybridized carbons (Fsp3) is 0.182. The third-order valence-corrected chi connectivity index (χ3v) is 5.50. The molecule has 1 atom stereocenters. The van der Waals surface area contributed by atoms with Gasteiger partial charge in [0.1, 0.15) is 0 Å². The monoisotopic (exact) mass is 349 g/mol. The molecule has 0 amide bonds. The molecule has 1 nitrogen and oxygen atoms in total. The summed E-state index contributed by atoms with van der Waals surface area (Å²) in [6.45, 7) is 6.02. The van der Waals surface area contributed by atoms with Gasteiger partial charge in [-0.15, -0.1) is 0 Å². The van der Waals surface area contributed by atoms with Crippen molar-refractivity contribution in [1.82, 2.24) is 0 Å². The summed E-state index contributed by atoms with van der Waals surface area (Å²) in [5, 5.41) is 2.31. The molecule has 0 saturated carbocycles. The van der Waals surface area contributed by atoms with Gasteiger partial charge in [0.2, 0.25) is 0 Å². The molecule has 1 aliphatic rings. The molecule has 0 spiro atoms. The molecule has 0 N–H and O–H groups in total. The molecule has 2 heteroatoms. The molecule has 0 heterocycles. The molecule has 24 heavy (non-hydrogen) atoms. The Balaban J connectivity index is 2.21. The topological polar surface area (TPSA) is 17.1 Å². The average Bonchev–Trinajstić information content (AvgIpc) is 2.86. The molecule has 1 unspecified atom stereocenters. The van der Waals surface area contributed by atoms with Crippen LogP contribution in [0.1, 0.15) is 53.7 Å². The van der Waals surface area contributed by atoms with Gasteiger partial charge in [-0.25, -0.2) is 0 Å². The number of carbonyl (C=O) groups excluding carboxylic acids is 1. The van der Waals surface area contributed by atoms with Gasteiger partial charge >= 0.3 is 151 Å². The van der Waals surface area contributed by atoms with Crippen LogP contribution in [0, 0.1) is 0 Å². The van der Waals surface area contributed by atoms with Crippen LogP contribution in [0.4, 0.5) is 0 Å². The summed E-state index contributed by atoms with van der Waals surface area (Å²) in [7, 11) is 0. The van der Waals surface area contributed by atoms with E-state index < -0.39 is 0 Å². The SMILES string of the molecule is CC(=O)c1cc2c(c3cccc([C](C)=[V])c13)C(C)c1ccccc1-2. The van der Waals surface area contributed by atoms with E-state index in [1.54, 1.807) is 6.92 Å². The summed E-state index contributed by atoms with van der Waals surface area (Å²) in [4.78, 5) is 12.4. The van der Waals surface area contributed by atoms with Gasteiger partial charge in [0, 0.05) is 0 Å². The summed E-state index contributed by atoms with van der Waals surface area (Å²) in [6.07, 6.45) is 0. The van der Waals surface area contributed by atoms with Crippen molar-refractivity contribution >= 4 is 20.8 Å². The summed E-state index contributed by atoms with van der Waals surface area (Å²) in [5.41, 5.74) is 7.18. The zero-order valence-corrected chi connectivity index (χ0v) is 15.4. The normalized spacial score (nSPS) is 15.2. The molecule has 0 bridgehead atoms. The third-order valence-electron chi connectivity index (χ3n) is 5.12. The molecule has 4 rings (SSSR count). The van der Waals surface area contributed by atoms with Crippen molar-refractivity contribution in [3.63, 3.8) is 0 Å². The van der Waals surface area contributed by atoms with E-state index in [0.717, 1.165) is 16.5 Å². The Kier molecular flexibility index (Phi) is 3.60. The number of Topliss-reactive ketones (excluding diaryl/α,β-unsaturated/α-hetero) is 1. The second-order valence-electron chi connectivity index (χ2n) is 6.56. The van der Waals surface area contributed by atoms with Crippen molar-refractivity contribution in [3.05, 3.63) is 70.8 Å². The van der Waals surface area contributed by atoms with Gasteiger partial charge in [-0.05, 0) is 0 Å². The predicted octanol–water partition coefficient (Wildman–Crippen LogP) is 5.26. The minimum atomic E-state index is 0.126.